The second-order valence-corrected chi connectivity index (χ2v) is 3.56. The average Bonchev–Trinajstić information content (AvgIpc) is 2.35. The molecule has 18 heavy (non-hydrogen) atoms. The molecule has 0 aromatic heterocycles. The molecule has 0 aliphatic rings. The number of carbonyl (C=O) groups excluding carboxylic acids is 2. The van der Waals surface area contributed by atoms with E-state index in [2.05, 4.69) is 20.6 Å². The van der Waals surface area contributed by atoms with Gasteiger partial charge in [-0.2, -0.15) is 5.10 Å². The maximum absolute atomic E-state index is 10.9. The number of nitrogens with zero attached hydrogens (tertiary/aromatic N) is 1. The molecule has 1 rings (SSSR count). The molecule has 0 saturated carbocycles. The van der Waals surface area contributed by atoms with E-state index in [-0.39, 0.29) is 5.91 Å². The van der Waals surface area contributed by atoms with Crippen LogP contribution in [0.4, 0.5) is 10.5 Å². The molecule has 0 aliphatic carbocycles. The number of benzene rings is 1. The van der Waals surface area contributed by atoms with Crippen LogP contribution in [0.5, 0.6) is 0 Å². The van der Waals surface area contributed by atoms with Crippen molar-refractivity contribution < 1.29 is 14.3 Å². The van der Waals surface area contributed by atoms with Crippen LogP contribution >= 0.6 is 0 Å². The molecule has 0 atom stereocenters. The SMILES string of the molecule is COC(=O)NN=C(C)c1cccc(NC(C)=O)c1. The molecule has 0 aliphatic heterocycles. The minimum atomic E-state index is -0.632. The minimum Gasteiger partial charge on any atom is -0.452 e. The molecule has 2 amide bonds. The fourth-order valence-corrected chi connectivity index (χ4v) is 1.26. The van der Waals surface area contributed by atoms with Gasteiger partial charge in [-0.15, -0.1) is 0 Å². The van der Waals surface area contributed by atoms with Gasteiger partial charge in [-0.1, -0.05) is 12.1 Å². The van der Waals surface area contributed by atoms with Crippen molar-refractivity contribution in [1.82, 2.24) is 5.43 Å². The van der Waals surface area contributed by atoms with Crippen LogP contribution < -0.4 is 10.7 Å². The van der Waals surface area contributed by atoms with Gasteiger partial charge in [0.2, 0.25) is 5.91 Å². The number of hydrogen-bond donors (Lipinski definition) is 2. The van der Waals surface area contributed by atoms with Gasteiger partial charge in [0.25, 0.3) is 0 Å². The van der Waals surface area contributed by atoms with Gasteiger partial charge in [-0.3, -0.25) is 4.79 Å². The van der Waals surface area contributed by atoms with E-state index >= 15 is 0 Å². The Hall–Kier alpha value is -2.37. The Kier molecular flexibility index (Phi) is 4.86. The summed E-state index contributed by atoms with van der Waals surface area (Å²) in [6, 6.07) is 7.14. The molecule has 0 spiro atoms. The second-order valence-electron chi connectivity index (χ2n) is 3.56. The van der Waals surface area contributed by atoms with E-state index in [1.54, 1.807) is 25.1 Å². The third-order valence-corrected chi connectivity index (χ3v) is 2.10. The molecular weight excluding hydrogens is 234 g/mol. The molecule has 6 heteroatoms. The van der Waals surface area contributed by atoms with E-state index in [9.17, 15) is 9.59 Å². The van der Waals surface area contributed by atoms with Crippen LogP contribution in [0.2, 0.25) is 0 Å². The molecular formula is C12H15N3O3. The van der Waals surface area contributed by atoms with Crippen LogP contribution in [0.15, 0.2) is 29.4 Å². The lowest BCUT2D eigenvalue weighted by Gasteiger charge is -2.05. The van der Waals surface area contributed by atoms with Crippen molar-refractivity contribution in [2.45, 2.75) is 13.8 Å². The van der Waals surface area contributed by atoms with Gasteiger partial charge < -0.3 is 10.1 Å². The summed E-state index contributed by atoms with van der Waals surface area (Å²) in [7, 11) is 1.26. The Morgan fingerprint density at radius 2 is 2.00 bits per heavy atom. The smallest absolute Gasteiger partial charge is 0.427 e. The van der Waals surface area contributed by atoms with Crippen LogP contribution in [0, 0.1) is 0 Å². The number of hydrazone groups is 1. The summed E-state index contributed by atoms with van der Waals surface area (Å²) in [5.74, 6) is -0.144. The van der Waals surface area contributed by atoms with E-state index in [0.717, 1.165) is 5.56 Å². The van der Waals surface area contributed by atoms with Crippen molar-refractivity contribution in [2.75, 3.05) is 12.4 Å². The quantitative estimate of drug-likeness (QED) is 0.632. The van der Waals surface area contributed by atoms with E-state index in [4.69, 9.17) is 0 Å². The highest BCUT2D eigenvalue weighted by molar-refractivity contribution is 6.00. The number of nitrogens with one attached hydrogen (secondary N) is 2. The molecule has 0 fully saturated rings. The van der Waals surface area contributed by atoms with Gasteiger partial charge in [0.15, 0.2) is 0 Å². The number of anilines is 1. The van der Waals surface area contributed by atoms with Crippen LogP contribution in [-0.2, 0) is 9.53 Å². The van der Waals surface area contributed by atoms with Crippen molar-refractivity contribution >= 4 is 23.4 Å². The normalized spacial score (nSPS) is 10.7. The first-order chi connectivity index (χ1) is 8.52. The van der Waals surface area contributed by atoms with E-state index in [0.29, 0.717) is 11.4 Å². The molecule has 96 valence electrons. The van der Waals surface area contributed by atoms with Crippen LogP contribution in [0.1, 0.15) is 19.4 Å². The summed E-state index contributed by atoms with van der Waals surface area (Å²) in [6.45, 7) is 3.18. The minimum absolute atomic E-state index is 0.144. The van der Waals surface area contributed by atoms with Gasteiger partial charge in [0, 0.05) is 12.6 Å². The topological polar surface area (TPSA) is 79.8 Å². The largest absolute Gasteiger partial charge is 0.452 e. The van der Waals surface area contributed by atoms with Gasteiger partial charge in [-0.05, 0) is 24.6 Å². The van der Waals surface area contributed by atoms with E-state index in [1.807, 2.05) is 6.07 Å². The highest BCUT2D eigenvalue weighted by Crippen LogP contribution is 2.11. The molecule has 1 aromatic rings. The zero-order chi connectivity index (χ0) is 13.5. The summed E-state index contributed by atoms with van der Waals surface area (Å²) in [5, 5.41) is 6.53. The lowest BCUT2D eigenvalue weighted by atomic mass is 10.1. The Bertz CT molecular complexity index is 483. The molecule has 0 bridgehead atoms. The molecule has 0 unspecified atom stereocenters. The predicted molar refractivity (Wildman–Crippen MR) is 68.5 cm³/mol. The lowest BCUT2D eigenvalue weighted by Crippen LogP contribution is -2.18. The summed E-state index contributed by atoms with van der Waals surface area (Å²) >= 11 is 0. The Morgan fingerprint density at radius 1 is 1.28 bits per heavy atom. The van der Waals surface area contributed by atoms with Gasteiger partial charge in [-0.25, -0.2) is 10.2 Å². The Labute approximate surface area is 105 Å². The third-order valence-electron chi connectivity index (χ3n) is 2.10. The fraction of sp³-hybridized carbons (Fsp3) is 0.250. The highest BCUT2D eigenvalue weighted by atomic mass is 16.5. The molecule has 0 radical (unpaired) electrons. The van der Waals surface area contributed by atoms with Crippen molar-refractivity contribution in [3.05, 3.63) is 29.8 Å². The van der Waals surface area contributed by atoms with Crippen molar-refractivity contribution in [2.24, 2.45) is 5.10 Å². The zero-order valence-corrected chi connectivity index (χ0v) is 10.5. The van der Waals surface area contributed by atoms with Crippen LogP contribution in [0.3, 0.4) is 0 Å². The van der Waals surface area contributed by atoms with Gasteiger partial charge in [0.05, 0.1) is 12.8 Å². The number of carbonyl (C=O) groups is 2. The standard InChI is InChI=1S/C12H15N3O3/c1-8(14-15-12(17)18-3)10-5-4-6-11(7-10)13-9(2)16/h4-7H,1-3H3,(H,13,16)(H,15,17). The van der Waals surface area contributed by atoms with Crippen LogP contribution in [0.25, 0.3) is 0 Å². The number of rotatable bonds is 3. The Morgan fingerprint density at radius 3 is 2.61 bits per heavy atom. The number of ether oxygens (including phenoxy) is 1. The molecule has 2 N–H and O–H groups in total. The summed E-state index contributed by atoms with van der Waals surface area (Å²) in [4.78, 5) is 21.8. The monoisotopic (exact) mass is 249 g/mol. The maximum Gasteiger partial charge on any atom is 0.427 e. The van der Waals surface area contributed by atoms with Crippen molar-refractivity contribution in [1.29, 1.82) is 0 Å². The fourth-order valence-electron chi connectivity index (χ4n) is 1.26. The first-order valence-corrected chi connectivity index (χ1v) is 5.29. The molecule has 0 saturated heterocycles. The second kappa shape index (κ2) is 6.39. The number of amides is 2. The van der Waals surface area contributed by atoms with Crippen molar-refractivity contribution in [3.8, 4) is 0 Å². The molecule has 0 heterocycles. The van der Waals surface area contributed by atoms with Crippen molar-refractivity contribution in [3.63, 3.8) is 0 Å². The van der Waals surface area contributed by atoms with Gasteiger partial charge >= 0.3 is 6.09 Å². The first kappa shape index (κ1) is 13.7. The number of hydrogen-bond acceptors (Lipinski definition) is 4. The summed E-state index contributed by atoms with van der Waals surface area (Å²) in [6.07, 6.45) is -0.632. The number of methoxy groups -OCH3 is 1. The first-order valence-electron chi connectivity index (χ1n) is 5.29. The lowest BCUT2D eigenvalue weighted by molar-refractivity contribution is -0.114. The third kappa shape index (κ3) is 4.25. The van der Waals surface area contributed by atoms with E-state index < -0.39 is 6.09 Å². The average molecular weight is 249 g/mol. The summed E-state index contributed by atoms with van der Waals surface area (Å²) in [5.41, 5.74) is 4.30. The maximum atomic E-state index is 10.9. The zero-order valence-electron chi connectivity index (χ0n) is 10.5. The van der Waals surface area contributed by atoms with E-state index in [1.165, 1.54) is 14.0 Å². The highest BCUT2D eigenvalue weighted by Gasteiger charge is 2.02. The predicted octanol–water partition coefficient (Wildman–Crippen LogP) is 1.72. The molecule has 6 nitrogen and oxygen atoms in total. The summed E-state index contributed by atoms with van der Waals surface area (Å²) < 4.78 is 4.40. The Balaban J connectivity index is 2.82. The molecule has 1 aromatic carbocycles. The van der Waals surface area contributed by atoms with Crippen LogP contribution in [-0.4, -0.2) is 24.8 Å². The van der Waals surface area contributed by atoms with Gasteiger partial charge in [0.1, 0.15) is 0 Å².